The van der Waals surface area contributed by atoms with Crippen LogP contribution in [0.5, 0.6) is 0 Å². The van der Waals surface area contributed by atoms with E-state index in [2.05, 4.69) is 22.5 Å². The van der Waals surface area contributed by atoms with Crippen LogP contribution in [0.15, 0.2) is 4.99 Å². The lowest BCUT2D eigenvalue weighted by molar-refractivity contribution is -0.128. The van der Waals surface area contributed by atoms with Gasteiger partial charge in [-0.15, -0.1) is 24.0 Å². The number of guanidine groups is 1. The van der Waals surface area contributed by atoms with Crippen molar-refractivity contribution in [3.63, 3.8) is 0 Å². The lowest BCUT2D eigenvalue weighted by Crippen LogP contribution is -2.44. The molecule has 2 N–H and O–H groups in total. The van der Waals surface area contributed by atoms with Crippen LogP contribution in [0.2, 0.25) is 0 Å². The van der Waals surface area contributed by atoms with Gasteiger partial charge in [0.2, 0.25) is 5.91 Å². The first-order valence-electron chi connectivity index (χ1n) is 6.75. The smallest absolute Gasteiger partial charge is 0.223 e. The number of amides is 1. The van der Waals surface area contributed by atoms with Crippen molar-refractivity contribution in [1.82, 2.24) is 15.5 Å². The van der Waals surface area contributed by atoms with Gasteiger partial charge in [0.15, 0.2) is 5.96 Å². The zero-order valence-corrected chi connectivity index (χ0v) is 16.0. The zero-order valence-electron chi connectivity index (χ0n) is 12.9. The summed E-state index contributed by atoms with van der Waals surface area (Å²) in [5, 5.41) is 6.53. The van der Waals surface area contributed by atoms with Crippen LogP contribution in [0.4, 0.5) is 0 Å². The molecule has 5 nitrogen and oxygen atoms in total. The van der Waals surface area contributed by atoms with Crippen molar-refractivity contribution in [3.05, 3.63) is 0 Å². The quantitative estimate of drug-likeness (QED) is 0.407. The van der Waals surface area contributed by atoms with Gasteiger partial charge in [-0.25, -0.2) is 0 Å². The molecule has 20 heavy (non-hydrogen) atoms. The molecule has 1 aliphatic heterocycles. The Morgan fingerprint density at radius 2 is 2.10 bits per heavy atom. The van der Waals surface area contributed by atoms with Crippen LogP contribution in [0, 0.1) is 0 Å². The van der Waals surface area contributed by atoms with Gasteiger partial charge in [0, 0.05) is 45.4 Å². The minimum atomic E-state index is 0. The number of rotatable bonds is 5. The average molecular weight is 414 g/mol. The number of hydrogen-bond acceptors (Lipinski definition) is 3. The predicted molar refractivity (Wildman–Crippen MR) is 98.2 cm³/mol. The molecular formula is C13H27IN4OS. The number of carbonyl (C=O) groups excluding carboxylic acids is 1. The van der Waals surface area contributed by atoms with E-state index in [1.54, 1.807) is 26.0 Å². The molecule has 0 aromatic rings. The van der Waals surface area contributed by atoms with Gasteiger partial charge in [0.25, 0.3) is 0 Å². The average Bonchev–Trinajstić information content (AvgIpc) is 2.80. The van der Waals surface area contributed by atoms with E-state index in [-0.39, 0.29) is 29.9 Å². The summed E-state index contributed by atoms with van der Waals surface area (Å²) in [6.07, 6.45) is 3.03. The second kappa shape index (κ2) is 9.70. The second-order valence-electron chi connectivity index (χ2n) is 5.29. The topological polar surface area (TPSA) is 56.7 Å². The van der Waals surface area contributed by atoms with Crippen LogP contribution in [-0.4, -0.2) is 61.5 Å². The molecular weight excluding hydrogens is 387 g/mol. The van der Waals surface area contributed by atoms with E-state index in [0.29, 0.717) is 17.7 Å². The Hall–Kier alpha value is -0.180. The Balaban J connectivity index is 0.00000361. The third-order valence-corrected chi connectivity index (χ3v) is 4.82. The minimum Gasteiger partial charge on any atom is -0.356 e. The number of thioether (sulfide) groups is 1. The van der Waals surface area contributed by atoms with Gasteiger partial charge < -0.3 is 15.5 Å². The highest BCUT2D eigenvalue weighted by atomic mass is 127. The Labute approximate surface area is 143 Å². The molecule has 0 aliphatic carbocycles. The van der Waals surface area contributed by atoms with Gasteiger partial charge in [0.05, 0.1) is 0 Å². The Morgan fingerprint density at radius 1 is 1.40 bits per heavy atom. The fourth-order valence-corrected chi connectivity index (χ4v) is 3.22. The lowest BCUT2D eigenvalue weighted by atomic mass is 10.1. The van der Waals surface area contributed by atoms with Crippen molar-refractivity contribution in [2.45, 2.75) is 30.9 Å². The molecule has 0 aromatic heterocycles. The van der Waals surface area contributed by atoms with Gasteiger partial charge in [-0.05, 0) is 25.5 Å². The highest BCUT2D eigenvalue weighted by Crippen LogP contribution is 2.36. The van der Waals surface area contributed by atoms with Crippen molar-refractivity contribution in [1.29, 1.82) is 0 Å². The fraction of sp³-hybridized carbons (Fsp3) is 0.846. The van der Waals surface area contributed by atoms with Gasteiger partial charge in [-0.1, -0.05) is 0 Å². The van der Waals surface area contributed by atoms with Crippen LogP contribution >= 0.6 is 35.7 Å². The van der Waals surface area contributed by atoms with Crippen LogP contribution in [0.3, 0.4) is 0 Å². The van der Waals surface area contributed by atoms with Gasteiger partial charge in [-0.2, -0.15) is 11.8 Å². The van der Waals surface area contributed by atoms with Crippen molar-refractivity contribution >= 4 is 47.6 Å². The van der Waals surface area contributed by atoms with E-state index >= 15 is 0 Å². The molecule has 118 valence electrons. The highest BCUT2D eigenvalue weighted by molar-refractivity contribution is 14.0. The minimum absolute atomic E-state index is 0. The summed E-state index contributed by atoms with van der Waals surface area (Å²) >= 11 is 2.02. The van der Waals surface area contributed by atoms with Crippen LogP contribution < -0.4 is 10.6 Å². The number of halogens is 1. The maximum Gasteiger partial charge on any atom is 0.223 e. The van der Waals surface area contributed by atoms with E-state index in [9.17, 15) is 4.79 Å². The number of carbonyl (C=O) groups is 1. The largest absolute Gasteiger partial charge is 0.356 e. The van der Waals surface area contributed by atoms with Crippen LogP contribution in [-0.2, 0) is 4.79 Å². The number of nitrogens with zero attached hydrogens (tertiary/aromatic N) is 2. The Kier molecular flexibility index (Phi) is 9.61. The number of hydrogen-bond donors (Lipinski definition) is 2. The summed E-state index contributed by atoms with van der Waals surface area (Å²) in [5.41, 5.74) is 0. The molecule has 7 heteroatoms. The highest BCUT2D eigenvalue weighted by Gasteiger charge is 2.29. The molecule has 0 spiro atoms. The third kappa shape index (κ3) is 7.01. The van der Waals surface area contributed by atoms with Crippen molar-refractivity contribution in [3.8, 4) is 0 Å². The van der Waals surface area contributed by atoms with E-state index < -0.39 is 0 Å². The van der Waals surface area contributed by atoms with Crippen LogP contribution in [0.1, 0.15) is 26.2 Å². The maximum atomic E-state index is 11.5. The van der Waals surface area contributed by atoms with Crippen LogP contribution in [0.25, 0.3) is 0 Å². The third-order valence-electron chi connectivity index (χ3n) is 3.28. The normalized spacial score (nSPS) is 22.1. The first kappa shape index (κ1) is 19.8. The van der Waals surface area contributed by atoms with Crippen molar-refractivity contribution < 1.29 is 4.79 Å². The first-order chi connectivity index (χ1) is 8.97. The van der Waals surface area contributed by atoms with E-state index in [1.165, 1.54) is 18.6 Å². The van der Waals surface area contributed by atoms with Crippen molar-refractivity contribution in [2.24, 2.45) is 4.99 Å². The lowest BCUT2D eigenvalue weighted by Gasteiger charge is -2.24. The summed E-state index contributed by atoms with van der Waals surface area (Å²) in [7, 11) is 5.30. The molecule has 0 saturated carbocycles. The fourth-order valence-electron chi connectivity index (χ4n) is 1.98. The van der Waals surface area contributed by atoms with E-state index in [1.807, 2.05) is 11.8 Å². The van der Waals surface area contributed by atoms with Gasteiger partial charge >= 0.3 is 0 Å². The Bertz CT molecular complexity index is 330. The summed E-state index contributed by atoms with van der Waals surface area (Å²) in [6, 6.07) is 0. The molecule has 0 bridgehead atoms. The molecule has 1 atom stereocenters. The molecule has 1 aliphatic rings. The summed E-state index contributed by atoms with van der Waals surface area (Å²) in [4.78, 5) is 17.2. The summed E-state index contributed by atoms with van der Waals surface area (Å²) in [5.74, 6) is 2.16. The molecule has 1 fully saturated rings. The molecule has 1 heterocycles. The first-order valence-corrected chi connectivity index (χ1v) is 7.74. The maximum absolute atomic E-state index is 11.5. The summed E-state index contributed by atoms with van der Waals surface area (Å²) < 4.78 is 0.317. The molecule has 1 rings (SSSR count). The van der Waals surface area contributed by atoms with Gasteiger partial charge in [0.1, 0.15) is 0 Å². The van der Waals surface area contributed by atoms with Crippen molar-refractivity contribution in [2.75, 3.05) is 40.0 Å². The summed E-state index contributed by atoms with van der Waals surface area (Å²) in [6.45, 7) is 3.82. The standard InChI is InChI=1S/C13H26N4OS.HI/c1-13(7-5-9-19-13)10-16-12(14-2)15-8-6-11(18)17(3)4;/h5-10H2,1-4H3,(H2,14,15,16);1H. The molecule has 0 aromatic carbocycles. The van der Waals surface area contributed by atoms with E-state index in [0.717, 1.165) is 12.5 Å². The SMILES string of the molecule is CN=C(NCCC(=O)N(C)C)NCC1(C)CCCS1.I. The number of nitrogens with one attached hydrogen (secondary N) is 2. The second-order valence-corrected chi connectivity index (χ2v) is 6.98. The predicted octanol–water partition coefficient (Wildman–Crippen LogP) is 1.53. The molecule has 1 amide bonds. The number of aliphatic imine (C=N–C) groups is 1. The molecule has 1 saturated heterocycles. The Morgan fingerprint density at radius 3 is 2.60 bits per heavy atom. The molecule has 0 radical (unpaired) electrons. The zero-order chi connectivity index (χ0) is 14.3. The monoisotopic (exact) mass is 414 g/mol. The van der Waals surface area contributed by atoms with Gasteiger partial charge in [-0.3, -0.25) is 9.79 Å². The molecule has 1 unspecified atom stereocenters. The van der Waals surface area contributed by atoms with E-state index in [4.69, 9.17) is 0 Å².